The standard InChI is InChI=1S/C63H112O5/c1-4-7-10-13-16-19-22-25-28-31-34-37-40-43-46-49-52-55-58-66-59-61(68-63(65)57-54-51-48-45-42-39-36-33-30-27-24-21-18-15-12-9-6-3)60-67-62(64)56-53-50-47-44-41-38-35-32-29-26-23-20-17-14-11-8-5-2/h7,10,16,19,25-26,28-29,34,37,43,46,61H,4-6,8-9,11-15,17-18,20-24,27,30-33,35-36,38-42,44-45,47-60H2,1-3H3/b10-7-,19-16-,28-25-,29-26-,37-34-,46-43-. The van der Waals surface area contributed by atoms with Crippen molar-refractivity contribution >= 4 is 11.9 Å². The van der Waals surface area contributed by atoms with E-state index in [1.807, 2.05) is 0 Å². The van der Waals surface area contributed by atoms with Crippen LogP contribution in [-0.2, 0) is 23.8 Å². The van der Waals surface area contributed by atoms with Gasteiger partial charge >= 0.3 is 11.9 Å². The van der Waals surface area contributed by atoms with E-state index in [9.17, 15) is 9.59 Å². The van der Waals surface area contributed by atoms with E-state index in [2.05, 4.69) is 93.7 Å². The zero-order valence-electron chi connectivity index (χ0n) is 45.4. The monoisotopic (exact) mass is 949 g/mol. The first-order chi connectivity index (χ1) is 33.6. The van der Waals surface area contributed by atoms with Gasteiger partial charge in [0, 0.05) is 19.4 Å². The van der Waals surface area contributed by atoms with Crippen LogP contribution in [0.25, 0.3) is 0 Å². The SMILES string of the molecule is CC/C=C\C/C=C\C/C=C\C/C=C\C/C=C\CCCCOCC(COC(=O)CCCCCCCCC/C=C\CCCCCCCC)OC(=O)CCCCCCCCCCCCCCCCCCC. The molecular weight excluding hydrogens is 837 g/mol. The van der Waals surface area contributed by atoms with Gasteiger partial charge in [-0.25, -0.2) is 0 Å². The molecule has 5 nitrogen and oxygen atoms in total. The summed E-state index contributed by atoms with van der Waals surface area (Å²) in [7, 11) is 0. The molecule has 394 valence electrons. The summed E-state index contributed by atoms with van der Waals surface area (Å²) in [5, 5.41) is 0. The lowest BCUT2D eigenvalue weighted by molar-refractivity contribution is -0.163. The normalized spacial score (nSPS) is 12.7. The van der Waals surface area contributed by atoms with Gasteiger partial charge in [0.05, 0.1) is 6.61 Å². The van der Waals surface area contributed by atoms with Crippen molar-refractivity contribution in [1.29, 1.82) is 0 Å². The first-order valence-corrected chi connectivity index (χ1v) is 29.5. The zero-order chi connectivity index (χ0) is 49.2. The van der Waals surface area contributed by atoms with Gasteiger partial charge in [-0.3, -0.25) is 9.59 Å². The summed E-state index contributed by atoms with van der Waals surface area (Å²) < 4.78 is 17.5. The molecule has 0 amide bonds. The number of carbonyl (C=O) groups is 2. The van der Waals surface area contributed by atoms with Crippen LogP contribution in [0.3, 0.4) is 0 Å². The quantitative estimate of drug-likeness (QED) is 0.0345. The van der Waals surface area contributed by atoms with E-state index in [0.29, 0.717) is 19.4 Å². The van der Waals surface area contributed by atoms with Crippen molar-refractivity contribution in [3.8, 4) is 0 Å². The highest BCUT2D eigenvalue weighted by Gasteiger charge is 2.17. The zero-order valence-corrected chi connectivity index (χ0v) is 45.4. The molecule has 0 radical (unpaired) electrons. The molecule has 0 aromatic carbocycles. The van der Waals surface area contributed by atoms with Gasteiger partial charge in [-0.2, -0.15) is 0 Å². The van der Waals surface area contributed by atoms with Crippen LogP contribution < -0.4 is 0 Å². The Hall–Kier alpha value is -2.66. The molecule has 0 aromatic rings. The molecule has 0 bridgehead atoms. The number of unbranched alkanes of at least 4 members (excludes halogenated alkanes) is 31. The molecule has 0 N–H and O–H groups in total. The molecule has 5 heteroatoms. The molecular formula is C63H112O5. The fraction of sp³-hybridized carbons (Fsp3) is 0.778. The summed E-state index contributed by atoms with van der Waals surface area (Å²) in [5.74, 6) is -0.415. The number of allylic oxidation sites excluding steroid dienone is 12. The summed E-state index contributed by atoms with van der Waals surface area (Å²) in [6.45, 7) is 7.65. The highest BCUT2D eigenvalue weighted by molar-refractivity contribution is 5.70. The van der Waals surface area contributed by atoms with Gasteiger partial charge in [0.1, 0.15) is 6.61 Å². The average Bonchev–Trinajstić information content (AvgIpc) is 3.34. The molecule has 0 aliphatic rings. The van der Waals surface area contributed by atoms with Gasteiger partial charge in [0.15, 0.2) is 6.10 Å². The molecule has 1 unspecified atom stereocenters. The van der Waals surface area contributed by atoms with Crippen LogP contribution in [0, 0.1) is 0 Å². The first kappa shape index (κ1) is 65.3. The third-order valence-corrected chi connectivity index (χ3v) is 12.7. The molecule has 0 fully saturated rings. The molecule has 0 aliphatic carbocycles. The topological polar surface area (TPSA) is 61.8 Å². The maximum absolute atomic E-state index is 12.9. The van der Waals surface area contributed by atoms with Gasteiger partial charge in [0.2, 0.25) is 0 Å². The van der Waals surface area contributed by atoms with Crippen molar-refractivity contribution in [2.24, 2.45) is 0 Å². The van der Waals surface area contributed by atoms with E-state index >= 15 is 0 Å². The Morgan fingerprint density at radius 2 is 0.662 bits per heavy atom. The summed E-state index contributed by atoms with van der Waals surface area (Å²) in [6, 6.07) is 0. The summed E-state index contributed by atoms with van der Waals surface area (Å²) in [4.78, 5) is 25.5. The third-order valence-electron chi connectivity index (χ3n) is 12.7. The van der Waals surface area contributed by atoms with E-state index < -0.39 is 6.10 Å². The second-order valence-electron chi connectivity index (χ2n) is 19.5. The summed E-state index contributed by atoms with van der Waals surface area (Å²) >= 11 is 0. The van der Waals surface area contributed by atoms with Crippen molar-refractivity contribution in [3.63, 3.8) is 0 Å². The Morgan fingerprint density at radius 3 is 1.07 bits per heavy atom. The molecule has 0 heterocycles. The van der Waals surface area contributed by atoms with E-state index in [1.165, 1.54) is 173 Å². The fourth-order valence-corrected chi connectivity index (χ4v) is 8.36. The number of esters is 2. The Morgan fingerprint density at radius 1 is 0.338 bits per heavy atom. The second-order valence-corrected chi connectivity index (χ2v) is 19.5. The van der Waals surface area contributed by atoms with Crippen LogP contribution in [0.5, 0.6) is 0 Å². The molecule has 0 spiro atoms. The number of hydrogen-bond acceptors (Lipinski definition) is 5. The van der Waals surface area contributed by atoms with Crippen molar-refractivity contribution in [2.75, 3.05) is 19.8 Å². The van der Waals surface area contributed by atoms with E-state index in [0.717, 1.165) is 83.5 Å². The highest BCUT2D eigenvalue weighted by Crippen LogP contribution is 2.16. The lowest BCUT2D eigenvalue weighted by atomic mass is 10.0. The number of carbonyl (C=O) groups excluding carboxylic acids is 2. The maximum atomic E-state index is 12.9. The Balaban J connectivity index is 4.34. The van der Waals surface area contributed by atoms with Crippen LogP contribution in [0.4, 0.5) is 0 Å². The molecule has 0 saturated carbocycles. The van der Waals surface area contributed by atoms with E-state index in [4.69, 9.17) is 14.2 Å². The Bertz CT molecular complexity index is 1210. The summed E-state index contributed by atoms with van der Waals surface area (Å²) in [6.07, 6.45) is 76.4. The minimum absolute atomic E-state index is 0.0665. The maximum Gasteiger partial charge on any atom is 0.306 e. The van der Waals surface area contributed by atoms with Crippen LogP contribution in [0.1, 0.15) is 290 Å². The lowest BCUT2D eigenvalue weighted by Crippen LogP contribution is -2.30. The van der Waals surface area contributed by atoms with Crippen LogP contribution in [0.15, 0.2) is 72.9 Å². The number of ether oxygens (including phenoxy) is 3. The smallest absolute Gasteiger partial charge is 0.306 e. The minimum atomic E-state index is -0.561. The minimum Gasteiger partial charge on any atom is -0.462 e. The molecule has 0 rings (SSSR count). The number of rotatable bonds is 54. The lowest BCUT2D eigenvalue weighted by Gasteiger charge is -2.18. The molecule has 0 aliphatic heterocycles. The van der Waals surface area contributed by atoms with E-state index in [1.54, 1.807) is 0 Å². The van der Waals surface area contributed by atoms with Gasteiger partial charge < -0.3 is 14.2 Å². The van der Waals surface area contributed by atoms with Gasteiger partial charge in [-0.1, -0.05) is 261 Å². The number of hydrogen-bond donors (Lipinski definition) is 0. The first-order valence-electron chi connectivity index (χ1n) is 29.5. The van der Waals surface area contributed by atoms with Crippen molar-refractivity contribution in [1.82, 2.24) is 0 Å². The second kappa shape index (κ2) is 58.7. The third kappa shape index (κ3) is 55.9. The van der Waals surface area contributed by atoms with Crippen LogP contribution in [-0.4, -0.2) is 37.9 Å². The fourth-order valence-electron chi connectivity index (χ4n) is 8.36. The molecule has 68 heavy (non-hydrogen) atoms. The molecule has 0 aromatic heterocycles. The highest BCUT2D eigenvalue weighted by atomic mass is 16.6. The Kier molecular flexibility index (Phi) is 56.4. The van der Waals surface area contributed by atoms with Crippen LogP contribution in [0.2, 0.25) is 0 Å². The van der Waals surface area contributed by atoms with Gasteiger partial charge in [0.25, 0.3) is 0 Å². The Labute approximate surface area is 423 Å². The molecule has 1 atom stereocenters. The largest absolute Gasteiger partial charge is 0.462 e. The van der Waals surface area contributed by atoms with E-state index in [-0.39, 0.29) is 25.2 Å². The summed E-state index contributed by atoms with van der Waals surface area (Å²) in [5.41, 5.74) is 0. The van der Waals surface area contributed by atoms with Crippen LogP contribution >= 0.6 is 0 Å². The van der Waals surface area contributed by atoms with Crippen molar-refractivity contribution in [3.05, 3.63) is 72.9 Å². The van der Waals surface area contributed by atoms with Gasteiger partial charge in [-0.05, 0) is 89.9 Å². The average molecular weight is 950 g/mol. The van der Waals surface area contributed by atoms with Gasteiger partial charge in [-0.15, -0.1) is 0 Å². The predicted molar refractivity (Wildman–Crippen MR) is 297 cm³/mol. The van der Waals surface area contributed by atoms with Crippen molar-refractivity contribution < 1.29 is 23.8 Å². The molecule has 0 saturated heterocycles. The van der Waals surface area contributed by atoms with Crippen molar-refractivity contribution in [2.45, 2.75) is 297 Å². The predicted octanol–water partition coefficient (Wildman–Crippen LogP) is 20.2.